The van der Waals surface area contributed by atoms with Crippen LogP contribution in [0.3, 0.4) is 0 Å². The summed E-state index contributed by atoms with van der Waals surface area (Å²) in [7, 11) is 3.37. The molecule has 0 aliphatic carbocycles. The Kier molecular flexibility index (Phi) is 7.37. The first-order valence-corrected chi connectivity index (χ1v) is 11.5. The van der Waals surface area contributed by atoms with Gasteiger partial charge >= 0.3 is 0 Å². The van der Waals surface area contributed by atoms with E-state index >= 15 is 0 Å². The molecule has 1 unspecified atom stereocenters. The van der Waals surface area contributed by atoms with Crippen molar-refractivity contribution in [1.29, 1.82) is 0 Å². The van der Waals surface area contributed by atoms with Gasteiger partial charge in [-0.2, -0.15) is 0 Å². The van der Waals surface area contributed by atoms with Gasteiger partial charge in [-0.15, -0.1) is 0 Å². The van der Waals surface area contributed by atoms with Gasteiger partial charge in [0.25, 0.3) is 0 Å². The molecule has 3 heterocycles. The second-order valence-electron chi connectivity index (χ2n) is 8.18. The van der Waals surface area contributed by atoms with Gasteiger partial charge in [-0.25, -0.2) is 0 Å². The van der Waals surface area contributed by atoms with E-state index in [-0.39, 0.29) is 6.10 Å². The Hall–Kier alpha value is -2.51. The quantitative estimate of drug-likeness (QED) is 0.585. The van der Waals surface area contributed by atoms with Crippen LogP contribution in [0.15, 0.2) is 23.2 Å². The van der Waals surface area contributed by atoms with Crippen LogP contribution in [0.1, 0.15) is 30.9 Å². The zero-order valence-electron chi connectivity index (χ0n) is 19.6. The van der Waals surface area contributed by atoms with E-state index in [0.29, 0.717) is 33.0 Å². The molecule has 1 aromatic heterocycles. The molecule has 0 amide bonds. The maximum atomic E-state index is 6.21. The van der Waals surface area contributed by atoms with E-state index in [2.05, 4.69) is 30.5 Å². The van der Waals surface area contributed by atoms with E-state index in [4.69, 9.17) is 28.7 Å². The molecule has 7 heteroatoms. The van der Waals surface area contributed by atoms with Crippen molar-refractivity contribution in [1.82, 2.24) is 4.57 Å². The number of fused-ring (bicyclic) bond motifs is 3. The van der Waals surface area contributed by atoms with Crippen LogP contribution in [-0.4, -0.2) is 57.9 Å². The molecule has 4 rings (SSSR count). The zero-order valence-corrected chi connectivity index (χ0v) is 19.6. The highest BCUT2D eigenvalue weighted by atomic mass is 16.6. The van der Waals surface area contributed by atoms with Gasteiger partial charge in [0.15, 0.2) is 11.5 Å². The molecular weight excluding hydrogens is 408 g/mol. The van der Waals surface area contributed by atoms with Crippen molar-refractivity contribution in [3.8, 4) is 28.5 Å². The lowest BCUT2D eigenvalue weighted by Gasteiger charge is -2.28. The largest absolute Gasteiger partial charge is 0.493 e. The van der Waals surface area contributed by atoms with E-state index in [1.807, 2.05) is 6.07 Å². The van der Waals surface area contributed by atoms with Gasteiger partial charge in [0.05, 0.1) is 52.9 Å². The Labute approximate surface area is 189 Å². The van der Waals surface area contributed by atoms with E-state index < -0.39 is 0 Å². The maximum Gasteiger partial charge on any atom is 0.164 e. The van der Waals surface area contributed by atoms with Crippen LogP contribution >= 0.6 is 0 Å². The summed E-state index contributed by atoms with van der Waals surface area (Å²) in [6.07, 6.45) is 2.94. The predicted molar refractivity (Wildman–Crippen MR) is 123 cm³/mol. The Bertz CT molecular complexity index is 1010. The zero-order chi connectivity index (χ0) is 22.5. The summed E-state index contributed by atoms with van der Waals surface area (Å²) in [5.74, 6) is 2.44. The highest BCUT2D eigenvalue weighted by Gasteiger charge is 2.25. The van der Waals surface area contributed by atoms with Crippen LogP contribution in [0.5, 0.6) is 17.2 Å². The lowest BCUT2D eigenvalue weighted by atomic mass is 9.93. The molecule has 0 bridgehead atoms. The van der Waals surface area contributed by atoms with Crippen molar-refractivity contribution in [3.05, 3.63) is 34.8 Å². The Balaban J connectivity index is 1.82. The number of benzene rings is 1. The number of aromatic nitrogens is 1. The smallest absolute Gasteiger partial charge is 0.164 e. The third-order valence-corrected chi connectivity index (χ3v) is 6.12. The normalized spacial score (nSPS) is 18.1. The first-order valence-electron chi connectivity index (χ1n) is 11.5. The SMILES string of the molecule is CCCCOc1c/c(=N\CC2COCCO2)n2c(c1C)-c1ccc(OC)c(OC)c1CC2. The third-order valence-electron chi connectivity index (χ3n) is 6.12. The van der Waals surface area contributed by atoms with Crippen molar-refractivity contribution < 1.29 is 23.7 Å². The Morgan fingerprint density at radius 2 is 2.03 bits per heavy atom. The van der Waals surface area contributed by atoms with Gasteiger partial charge in [-0.1, -0.05) is 13.3 Å². The van der Waals surface area contributed by atoms with Crippen LogP contribution in [0, 0.1) is 6.92 Å². The van der Waals surface area contributed by atoms with Crippen LogP contribution in [0.2, 0.25) is 0 Å². The van der Waals surface area contributed by atoms with Crippen LogP contribution in [-0.2, 0) is 22.4 Å². The minimum atomic E-state index is -0.00834. The number of nitrogens with zero attached hydrogens (tertiary/aromatic N) is 2. The summed E-state index contributed by atoms with van der Waals surface area (Å²) in [4.78, 5) is 4.94. The van der Waals surface area contributed by atoms with E-state index in [1.165, 1.54) is 0 Å². The molecule has 1 saturated heterocycles. The molecular formula is C25H34N2O5. The number of methoxy groups -OCH3 is 2. The van der Waals surface area contributed by atoms with Gasteiger partial charge in [0, 0.05) is 29.3 Å². The number of hydrogen-bond acceptors (Lipinski definition) is 6. The van der Waals surface area contributed by atoms with Crippen molar-refractivity contribution >= 4 is 0 Å². The fourth-order valence-corrected chi connectivity index (χ4v) is 4.44. The Morgan fingerprint density at radius 1 is 1.16 bits per heavy atom. The first-order chi connectivity index (χ1) is 15.7. The van der Waals surface area contributed by atoms with Crippen molar-refractivity contribution in [2.24, 2.45) is 4.99 Å². The molecule has 2 aromatic rings. The van der Waals surface area contributed by atoms with Crippen LogP contribution in [0.25, 0.3) is 11.3 Å². The molecule has 1 fully saturated rings. The monoisotopic (exact) mass is 442 g/mol. The third kappa shape index (κ3) is 4.50. The van der Waals surface area contributed by atoms with Crippen molar-refractivity contribution in [2.45, 2.75) is 45.8 Å². The number of ether oxygens (including phenoxy) is 5. The molecule has 32 heavy (non-hydrogen) atoms. The number of hydrogen-bond donors (Lipinski definition) is 0. The molecule has 1 aromatic carbocycles. The van der Waals surface area contributed by atoms with E-state index in [1.54, 1.807) is 14.2 Å². The summed E-state index contributed by atoms with van der Waals surface area (Å²) >= 11 is 0. The van der Waals surface area contributed by atoms with Crippen molar-refractivity contribution in [2.75, 3.05) is 47.2 Å². The van der Waals surface area contributed by atoms with Crippen LogP contribution in [0.4, 0.5) is 0 Å². The van der Waals surface area contributed by atoms with Gasteiger partial charge in [-0.05, 0) is 31.9 Å². The summed E-state index contributed by atoms with van der Waals surface area (Å²) in [6, 6.07) is 6.16. The lowest BCUT2D eigenvalue weighted by molar-refractivity contribution is -0.0835. The van der Waals surface area contributed by atoms with Crippen molar-refractivity contribution in [3.63, 3.8) is 0 Å². The first kappa shape index (κ1) is 22.7. The van der Waals surface area contributed by atoms with Gasteiger partial charge in [-0.3, -0.25) is 4.99 Å². The molecule has 174 valence electrons. The van der Waals surface area contributed by atoms with Gasteiger partial charge in [0.2, 0.25) is 0 Å². The molecule has 0 saturated carbocycles. The van der Waals surface area contributed by atoms with E-state index in [0.717, 1.165) is 70.9 Å². The van der Waals surface area contributed by atoms with Gasteiger partial charge < -0.3 is 28.3 Å². The average Bonchev–Trinajstić information content (AvgIpc) is 2.84. The lowest BCUT2D eigenvalue weighted by Crippen LogP contribution is -2.33. The molecule has 1 atom stereocenters. The summed E-state index contributed by atoms with van der Waals surface area (Å²) in [5, 5.41) is 0. The van der Waals surface area contributed by atoms with Crippen LogP contribution < -0.4 is 19.7 Å². The minimum absolute atomic E-state index is 0.00834. The molecule has 2 aliphatic rings. The molecule has 0 radical (unpaired) electrons. The highest BCUT2D eigenvalue weighted by molar-refractivity contribution is 5.75. The number of pyridine rings is 1. The molecule has 2 aliphatic heterocycles. The Morgan fingerprint density at radius 3 is 2.75 bits per heavy atom. The maximum absolute atomic E-state index is 6.21. The number of rotatable bonds is 8. The summed E-state index contributed by atoms with van der Waals surface area (Å²) in [5.41, 5.74) is 5.45. The summed E-state index contributed by atoms with van der Waals surface area (Å²) in [6.45, 7) is 8.23. The second-order valence-corrected chi connectivity index (χ2v) is 8.18. The van der Waals surface area contributed by atoms with Gasteiger partial charge in [0.1, 0.15) is 17.3 Å². The molecule has 0 N–H and O–H groups in total. The molecule has 7 nitrogen and oxygen atoms in total. The average molecular weight is 443 g/mol. The fourth-order valence-electron chi connectivity index (χ4n) is 4.44. The number of unbranched alkanes of at least 4 members (excludes halogenated alkanes) is 1. The second kappa shape index (κ2) is 10.4. The minimum Gasteiger partial charge on any atom is -0.493 e. The predicted octanol–water partition coefficient (Wildman–Crippen LogP) is 3.53. The highest BCUT2D eigenvalue weighted by Crippen LogP contribution is 2.42. The topological polar surface area (TPSA) is 63.4 Å². The van der Waals surface area contributed by atoms with E-state index in [9.17, 15) is 0 Å². The summed E-state index contributed by atoms with van der Waals surface area (Å²) < 4.78 is 31.1. The fraction of sp³-hybridized carbons (Fsp3) is 0.560. The standard InChI is InChI=1S/C25H34N2O5/c1-5-6-11-32-22-14-23(26-15-18-16-30-12-13-31-18)27-10-9-20-19(24(27)17(22)2)7-8-21(28-3)25(20)29-4/h7-8,14,18H,5-6,9-13,15-16H2,1-4H3/b26-23+. The molecule has 0 spiro atoms.